The van der Waals surface area contributed by atoms with E-state index in [1.54, 1.807) is 6.07 Å². The molecule has 3 aliphatic heterocycles. The van der Waals surface area contributed by atoms with E-state index in [1.165, 1.54) is 39.5 Å². The van der Waals surface area contributed by atoms with Crippen LogP contribution in [0.25, 0.3) is 0 Å². The Balaban J connectivity index is 1.53. The number of anilines is 1. The standard InChI is InChI=1S/C17H23N3O3/c1-23-17-8-13(5-6-16(17)20(21)22)19-10-12-9-18-7-3-2-4-15(18)14(12)11-19/h5-6,8,12,14-15H,2-4,7,9-11H2,1H3/t12-,14-,15+/m0/s1. The first-order chi connectivity index (χ1) is 11.2. The predicted octanol–water partition coefficient (Wildman–Crippen LogP) is 2.52. The molecule has 0 radical (unpaired) electrons. The Morgan fingerprint density at radius 1 is 1.26 bits per heavy atom. The van der Waals surface area contributed by atoms with Gasteiger partial charge in [-0.2, -0.15) is 0 Å². The van der Waals surface area contributed by atoms with Crippen molar-refractivity contribution in [2.75, 3.05) is 38.2 Å². The van der Waals surface area contributed by atoms with Crippen LogP contribution in [0.1, 0.15) is 19.3 Å². The lowest BCUT2D eigenvalue weighted by atomic mass is 9.90. The second-order valence-electron chi connectivity index (χ2n) is 7.00. The quantitative estimate of drug-likeness (QED) is 0.633. The molecule has 6 heteroatoms. The van der Waals surface area contributed by atoms with Gasteiger partial charge < -0.3 is 9.64 Å². The van der Waals surface area contributed by atoms with Crippen molar-refractivity contribution in [2.45, 2.75) is 25.3 Å². The zero-order chi connectivity index (χ0) is 16.0. The summed E-state index contributed by atoms with van der Waals surface area (Å²) >= 11 is 0. The molecular weight excluding hydrogens is 294 g/mol. The molecule has 3 aliphatic rings. The zero-order valence-electron chi connectivity index (χ0n) is 13.5. The van der Waals surface area contributed by atoms with Crippen LogP contribution in [0.2, 0.25) is 0 Å². The van der Waals surface area contributed by atoms with Gasteiger partial charge in [0.15, 0.2) is 5.75 Å². The number of hydrogen-bond donors (Lipinski definition) is 0. The Morgan fingerprint density at radius 2 is 2.13 bits per heavy atom. The summed E-state index contributed by atoms with van der Waals surface area (Å²) < 4.78 is 5.21. The van der Waals surface area contributed by atoms with E-state index in [1.807, 2.05) is 12.1 Å². The second-order valence-corrected chi connectivity index (χ2v) is 7.00. The van der Waals surface area contributed by atoms with Crippen molar-refractivity contribution in [3.8, 4) is 5.75 Å². The van der Waals surface area contributed by atoms with Gasteiger partial charge in [0.05, 0.1) is 12.0 Å². The number of fused-ring (bicyclic) bond motifs is 3. The van der Waals surface area contributed by atoms with Crippen LogP contribution < -0.4 is 9.64 Å². The average molecular weight is 317 g/mol. The molecule has 0 unspecified atom stereocenters. The van der Waals surface area contributed by atoms with Crippen molar-refractivity contribution in [3.63, 3.8) is 0 Å². The Labute approximate surface area is 136 Å². The lowest BCUT2D eigenvalue weighted by Crippen LogP contribution is -2.39. The predicted molar refractivity (Wildman–Crippen MR) is 88.1 cm³/mol. The van der Waals surface area contributed by atoms with Gasteiger partial charge in [-0.1, -0.05) is 6.42 Å². The molecule has 3 heterocycles. The number of rotatable bonds is 3. The summed E-state index contributed by atoms with van der Waals surface area (Å²) in [5.74, 6) is 1.83. The molecule has 0 aromatic heterocycles. The van der Waals surface area contributed by atoms with E-state index in [0.717, 1.165) is 36.7 Å². The molecule has 0 amide bonds. The molecule has 0 N–H and O–H groups in total. The van der Waals surface area contributed by atoms with Gasteiger partial charge in [-0.3, -0.25) is 15.0 Å². The summed E-state index contributed by atoms with van der Waals surface area (Å²) in [6.45, 7) is 4.60. The lowest BCUT2D eigenvalue weighted by Gasteiger charge is -2.33. The first-order valence-corrected chi connectivity index (χ1v) is 8.49. The minimum Gasteiger partial charge on any atom is -0.490 e. The van der Waals surface area contributed by atoms with Crippen LogP contribution in [0, 0.1) is 22.0 Å². The van der Waals surface area contributed by atoms with E-state index in [0.29, 0.717) is 5.75 Å². The van der Waals surface area contributed by atoms with Gasteiger partial charge >= 0.3 is 5.69 Å². The van der Waals surface area contributed by atoms with E-state index in [-0.39, 0.29) is 10.6 Å². The number of piperidine rings is 1. The normalized spacial score (nSPS) is 30.1. The number of hydrogen-bond acceptors (Lipinski definition) is 5. The van der Waals surface area contributed by atoms with Gasteiger partial charge in [0.25, 0.3) is 0 Å². The molecule has 3 fully saturated rings. The largest absolute Gasteiger partial charge is 0.490 e. The minimum atomic E-state index is -0.388. The Morgan fingerprint density at radius 3 is 2.91 bits per heavy atom. The summed E-state index contributed by atoms with van der Waals surface area (Å²) in [6.07, 6.45) is 4.04. The first-order valence-electron chi connectivity index (χ1n) is 8.49. The van der Waals surface area contributed by atoms with Crippen molar-refractivity contribution in [3.05, 3.63) is 28.3 Å². The van der Waals surface area contributed by atoms with E-state index in [2.05, 4.69) is 9.80 Å². The third kappa shape index (κ3) is 2.45. The maximum Gasteiger partial charge on any atom is 0.311 e. The van der Waals surface area contributed by atoms with Gasteiger partial charge in [0, 0.05) is 43.5 Å². The molecular formula is C17H23N3O3. The number of nitrogens with zero attached hydrogens (tertiary/aromatic N) is 3. The van der Waals surface area contributed by atoms with E-state index in [9.17, 15) is 10.1 Å². The van der Waals surface area contributed by atoms with E-state index >= 15 is 0 Å². The number of nitro groups is 1. The summed E-state index contributed by atoms with van der Waals surface area (Å²) in [5.41, 5.74) is 1.08. The molecule has 23 heavy (non-hydrogen) atoms. The van der Waals surface area contributed by atoms with Crippen molar-refractivity contribution in [1.29, 1.82) is 0 Å². The van der Waals surface area contributed by atoms with E-state index < -0.39 is 0 Å². The number of nitro benzene ring substituents is 1. The van der Waals surface area contributed by atoms with Crippen LogP contribution in [-0.2, 0) is 0 Å². The molecule has 0 spiro atoms. The number of methoxy groups -OCH3 is 1. The van der Waals surface area contributed by atoms with Crippen LogP contribution in [0.15, 0.2) is 18.2 Å². The second kappa shape index (κ2) is 5.67. The van der Waals surface area contributed by atoms with Crippen LogP contribution in [0.5, 0.6) is 5.75 Å². The van der Waals surface area contributed by atoms with Gasteiger partial charge in [-0.15, -0.1) is 0 Å². The summed E-state index contributed by atoms with van der Waals surface area (Å²) in [5, 5.41) is 11.0. The average Bonchev–Trinajstić information content (AvgIpc) is 3.11. The third-order valence-electron chi connectivity index (χ3n) is 5.84. The topological polar surface area (TPSA) is 58.8 Å². The lowest BCUT2D eigenvalue weighted by molar-refractivity contribution is -0.385. The Hall–Kier alpha value is -1.82. The van der Waals surface area contributed by atoms with Crippen molar-refractivity contribution >= 4 is 11.4 Å². The maximum atomic E-state index is 11.0. The number of ether oxygens (including phenoxy) is 1. The van der Waals surface area contributed by atoms with Gasteiger partial charge in [0.1, 0.15) is 0 Å². The fraction of sp³-hybridized carbons (Fsp3) is 0.647. The van der Waals surface area contributed by atoms with Crippen LogP contribution in [0.3, 0.4) is 0 Å². The monoisotopic (exact) mass is 317 g/mol. The van der Waals surface area contributed by atoms with Crippen molar-refractivity contribution in [1.82, 2.24) is 4.90 Å². The summed E-state index contributed by atoms with van der Waals surface area (Å²) in [4.78, 5) is 15.7. The fourth-order valence-electron chi connectivity index (χ4n) is 4.78. The fourth-order valence-corrected chi connectivity index (χ4v) is 4.78. The molecule has 1 aromatic rings. The molecule has 0 bridgehead atoms. The highest BCUT2D eigenvalue weighted by Gasteiger charge is 2.47. The minimum absolute atomic E-state index is 0.0362. The zero-order valence-corrected chi connectivity index (χ0v) is 13.5. The molecule has 124 valence electrons. The highest BCUT2D eigenvalue weighted by Crippen LogP contribution is 2.42. The smallest absolute Gasteiger partial charge is 0.311 e. The molecule has 3 atom stereocenters. The highest BCUT2D eigenvalue weighted by atomic mass is 16.6. The Kier molecular flexibility index (Phi) is 3.64. The van der Waals surface area contributed by atoms with Crippen molar-refractivity contribution < 1.29 is 9.66 Å². The molecule has 1 aromatic carbocycles. The first kappa shape index (κ1) is 14.8. The summed E-state index contributed by atoms with van der Waals surface area (Å²) in [6, 6.07) is 5.99. The van der Waals surface area contributed by atoms with Gasteiger partial charge in [-0.05, 0) is 37.3 Å². The SMILES string of the molecule is COc1cc(N2C[C@@H]3CN4CCCC[C@@H]4[C@H]3C2)ccc1[N+](=O)[O-]. The van der Waals surface area contributed by atoms with Gasteiger partial charge in [-0.25, -0.2) is 0 Å². The molecule has 0 aliphatic carbocycles. The maximum absolute atomic E-state index is 11.0. The van der Waals surface area contributed by atoms with Crippen LogP contribution in [0.4, 0.5) is 11.4 Å². The summed E-state index contributed by atoms with van der Waals surface area (Å²) in [7, 11) is 1.49. The molecule has 3 saturated heterocycles. The molecule has 4 rings (SSSR count). The van der Waals surface area contributed by atoms with Crippen LogP contribution >= 0.6 is 0 Å². The number of benzene rings is 1. The van der Waals surface area contributed by atoms with E-state index in [4.69, 9.17) is 4.74 Å². The van der Waals surface area contributed by atoms with Crippen LogP contribution in [-0.4, -0.2) is 49.2 Å². The Bertz CT molecular complexity index is 621. The molecule has 6 nitrogen and oxygen atoms in total. The molecule has 0 saturated carbocycles. The van der Waals surface area contributed by atoms with Gasteiger partial charge in [0.2, 0.25) is 0 Å². The third-order valence-corrected chi connectivity index (χ3v) is 5.84. The highest BCUT2D eigenvalue weighted by molar-refractivity contribution is 5.60. The van der Waals surface area contributed by atoms with Crippen molar-refractivity contribution in [2.24, 2.45) is 11.8 Å².